The molecule has 0 bridgehead atoms. The molecule has 5 heteroatoms. The third-order valence-electron chi connectivity index (χ3n) is 1.35. The summed E-state index contributed by atoms with van der Waals surface area (Å²) in [5, 5.41) is 3.88. The second-order valence-corrected chi connectivity index (χ2v) is 5.01. The number of carbonyl (C=O) groups excluding carboxylic acids is 1. The van der Waals surface area contributed by atoms with Crippen LogP contribution in [-0.4, -0.2) is 16.6 Å². The Hall–Kier alpha value is -1.36. The number of ether oxygens (including phenoxy) is 1. The molecule has 0 aliphatic heterocycles. The molecule has 1 amide bonds. The third-order valence-corrected chi connectivity index (χ3v) is 2.22. The van der Waals surface area contributed by atoms with Crippen molar-refractivity contribution in [1.82, 2.24) is 10.3 Å². The van der Waals surface area contributed by atoms with Gasteiger partial charge in [-0.1, -0.05) is 17.9 Å². The van der Waals surface area contributed by atoms with Crippen LogP contribution in [0.3, 0.4) is 0 Å². The van der Waals surface area contributed by atoms with E-state index in [0.717, 1.165) is 5.01 Å². The standard InChI is InChI=1S/C10H14N2O2S/c1-5-7-11-6-8(15-7)14-9(13)12-10(2,3)4/h5-6H,1H2,2-4H3,(H,12,13). The molecule has 4 nitrogen and oxygen atoms in total. The Morgan fingerprint density at radius 2 is 2.33 bits per heavy atom. The Balaban J connectivity index is 2.55. The van der Waals surface area contributed by atoms with Gasteiger partial charge in [-0.3, -0.25) is 0 Å². The monoisotopic (exact) mass is 226 g/mol. The van der Waals surface area contributed by atoms with Crippen molar-refractivity contribution in [2.24, 2.45) is 0 Å². The Kier molecular flexibility index (Phi) is 3.47. The van der Waals surface area contributed by atoms with Crippen LogP contribution in [0, 0.1) is 0 Å². The molecule has 1 aromatic heterocycles. The van der Waals surface area contributed by atoms with Crippen molar-refractivity contribution in [2.75, 3.05) is 0 Å². The summed E-state index contributed by atoms with van der Waals surface area (Å²) in [6.07, 6.45) is 2.64. The summed E-state index contributed by atoms with van der Waals surface area (Å²) in [5.74, 6) is 0. The molecule has 82 valence electrons. The van der Waals surface area contributed by atoms with Gasteiger partial charge in [0.15, 0.2) is 0 Å². The molecule has 0 aromatic carbocycles. The number of thiazole rings is 1. The highest BCUT2D eigenvalue weighted by atomic mass is 32.1. The maximum absolute atomic E-state index is 11.3. The van der Waals surface area contributed by atoms with Crippen LogP contribution in [0.25, 0.3) is 6.08 Å². The number of hydrogen-bond acceptors (Lipinski definition) is 4. The molecular weight excluding hydrogens is 212 g/mol. The van der Waals surface area contributed by atoms with Crippen LogP contribution in [0.5, 0.6) is 5.06 Å². The first-order valence-electron chi connectivity index (χ1n) is 4.49. The predicted molar refractivity (Wildman–Crippen MR) is 61.1 cm³/mol. The predicted octanol–water partition coefficient (Wildman–Crippen LogP) is 2.67. The molecule has 0 unspecified atom stereocenters. The molecule has 0 radical (unpaired) electrons. The van der Waals surface area contributed by atoms with Gasteiger partial charge >= 0.3 is 6.09 Å². The lowest BCUT2D eigenvalue weighted by atomic mass is 10.1. The van der Waals surface area contributed by atoms with Gasteiger partial charge in [0.05, 0.1) is 6.20 Å². The molecule has 0 aliphatic rings. The van der Waals surface area contributed by atoms with Crippen LogP contribution < -0.4 is 10.1 Å². The van der Waals surface area contributed by atoms with Crippen LogP contribution in [0.1, 0.15) is 25.8 Å². The van der Waals surface area contributed by atoms with E-state index < -0.39 is 6.09 Å². The number of carbonyl (C=O) groups is 1. The second kappa shape index (κ2) is 4.44. The number of rotatable bonds is 2. The largest absolute Gasteiger partial charge is 0.413 e. The van der Waals surface area contributed by atoms with E-state index in [-0.39, 0.29) is 5.54 Å². The van der Waals surface area contributed by atoms with E-state index in [2.05, 4.69) is 16.9 Å². The van der Waals surface area contributed by atoms with Crippen LogP contribution >= 0.6 is 11.3 Å². The normalized spacial score (nSPS) is 10.9. The highest BCUT2D eigenvalue weighted by Crippen LogP contribution is 2.22. The van der Waals surface area contributed by atoms with Gasteiger partial charge in [0.2, 0.25) is 5.06 Å². The van der Waals surface area contributed by atoms with Gasteiger partial charge in [-0.2, -0.15) is 0 Å². The van der Waals surface area contributed by atoms with Crippen molar-refractivity contribution in [2.45, 2.75) is 26.3 Å². The van der Waals surface area contributed by atoms with Gasteiger partial charge in [0.25, 0.3) is 0 Å². The highest BCUT2D eigenvalue weighted by molar-refractivity contribution is 7.14. The average molecular weight is 226 g/mol. The molecule has 0 fully saturated rings. The van der Waals surface area contributed by atoms with Crippen LogP contribution in [-0.2, 0) is 0 Å². The van der Waals surface area contributed by atoms with Crippen molar-refractivity contribution in [1.29, 1.82) is 0 Å². The Labute approximate surface area is 93.0 Å². The Morgan fingerprint density at radius 1 is 1.67 bits per heavy atom. The number of aromatic nitrogens is 1. The van der Waals surface area contributed by atoms with Crippen molar-refractivity contribution >= 4 is 23.5 Å². The zero-order valence-electron chi connectivity index (χ0n) is 9.03. The summed E-state index contributed by atoms with van der Waals surface area (Å²) in [4.78, 5) is 15.3. The fourth-order valence-electron chi connectivity index (χ4n) is 0.837. The zero-order valence-corrected chi connectivity index (χ0v) is 9.85. The molecule has 0 atom stereocenters. The number of nitrogens with one attached hydrogen (secondary N) is 1. The summed E-state index contributed by atoms with van der Waals surface area (Å²) in [6, 6.07) is 0. The third kappa shape index (κ3) is 4.12. The van der Waals surface area contributed by atoms with E-state index in [1.54, 1.807) is 6.08 Å². The van der Waals surface area contributed by atoms with Gasteiger partial charge in [-0.05, 0) is 26.8 Å². The SMILES string of the molecule is C=Cc1ncc(OC(=O)NC(C)(C)C)s1. The van der Waals surface area contributed by atoms with Crippen LogP contribution in [0.2, 0.25) is 0 Å². The van der Waals surface area contributed by atoms with Gasteiger partial charge in [-0.25, -0.2) is 9.78 Å². The van der Waals surface area contributed by atoms with Crippen molar-refractivity contribution in [3.63, 3.8) is 0 Å². The first-order chi connectivity index (χ1) is 6.90. The van der Waals surface area contributed by atoms with E-state index >= 15 is 0 Å². The molecular formula is C10H14N2O2S. The second-order valence-electron chi connectivity index (χ2n) is 3.99. The van der Waals surface area contributed by atoms with E-state index in [1.165, 1.54) is 17.5 Å². The van der Waals surface area contributed by atoms with E-state index in [4.69, 9.17) is 4.74 Å². The van der Waals surface area contributed by atoms with Crippen LogP contribution in [0.4, 0.5) is 4.79 Å². The zero-order chi connectivity index (χ0) is 11.5. The quantitative estimate of drug-likeness (QED) is 0.843. The Bertz CT molecular complexity index is 366. The van der Waals surface area contributed by atoms with Gasteiger partial charge in [0.1, 0.15) is 5.01 Å². The number of hydrogen-bond donors (Lipinski definition) is 1. The molecule has 1 aromatic rings. The minimum Gasteiger partial charge on any atom is -0.397 e. The topological polar surface area (TPSA) is 51.2 Å². The minimum absolute atomic E-state index is 0.303. The van der Waals surface area contributed by atoms with E-state index in [9.17, 15) is 4.79 Å². The molecule has 0 saturated carbocycles. The first-order valence-corrected chi connectivity index (χ1v) is 5.30. The first kappa shape index (κ1) is 11.7. The van der Waals surface area contributed by atoms with Crippen LogP contribution in [0.15, 0.2) is 12.8 Å². The van der Waals surface area contributed by atoms with Gasteiger partial charge in [-0.15, -0.1) is 0 Å². The molecule has 0 saturated heterocycles. The lowest BCUT2D eigenvalue weighted by Gasteiger charge is -2.19. The summed E-state index contributed by atoms with van der Waals surface area (Å²) < 4.78 is 5.03. The van der Waals surface area contributed by atoms with E-state index in [0.29, 0.717) is 5.06 Å². The smallest absolute Gasteiger partial charge is 0.397 e. The summed E-state index contributed by atoms with van der Waals surface area (Å²) in [7, 11) is 0. The number of nitrogens with zero attached hydrogens (tertiary/aromatic N) is 1. The lowest BCUT2D eigenvalue weighted by Crippen LogP contribution is -2.42. The Morgan fingerprint density at radius 3 is 2.80 bits per heavy atom. The highest BCUT2D eigenvalue weighted by Gasteiger charge is 2.15. The van der Waals surface area contributed by atoms with Gasteiger partial charge in [0, 0.05) is 5.54 Å². The molecule has 1 heterocycles. The molecule has 1 rings (SSSR count). The molecule has 1 N–H and O–H groups in total. The summed E-state index contributed by atoms with van der Waals surface area (Å²) in [5.41, 5.74) is -0.303. The molecule has 0 aliphatic carbocycles. The summed E-state index contributed by atoms with van der Waals surface area (Å²) >= 11 is 1.27. The van der Waals surface area contributed by atoms with Crippen molar-refractivity contribution in [3.8, 4) is 5.06 Å². The fraction of sp³-hybridized carbons (Fsp3) is 0.400. The van der Waals surface area contributed by atoms with E-state index in [1.807, 2.05) is 20.8 Å². The number of amides is 1. The van der Waals surface area contributed by atoms with Crippen molar-refractivity contribution < 1.29 is 9.53 Å². The average Bonchev–Trinajstić information content (AvgIpc) is 2.48. The summed E-state index contributed by atoms with van der Waals surface area (Å²) in [6.45, 7) is 9.23. The maximum atomic E-state index is 11.3. The molecule has 0 spiro atoms. The van der Waals surface area contributed by atoms with Crippen molar-refractivity contribution in [3.05, 3.63) is 17.8 Å². The van der Waals surface area contributed by atoms with Gasteiger partial charge < -0.3 is 10.1 Å². The lowest BCUT2D eigenvalue weighted by molar-refractivity contribution is 0.192. The molecule has 15 heavy (non-hydrogen) atoms. The maximum Gasteiger partial charge on any atom is 0.413 e. The fourth-order valence-corrected chi connectivity index (χ4v) is 1.45. The minimum atomic E-state index is -0.471.